The lowest BCUT2D eigenvalue weighted by Crippen LogP contribution is -2.28. The molecule has 0 saturated carbocycles. The lowest BCUT2D eigenvalue weighted by atomic mass is 10.1. The Balaban J connectivity index is 2.76. The Labute approximate surface area is 97.1 Å². The minimum Gasteiger partial charge on any atom is -0.395 e. The van der Waals surface area contributed by atoms with Gasteiger partial charge in [-0.2, -0.15) is 0 Å². The second-order valence-corrected chi connectivity index (χ2v) is 3.95. The molecule has 90 valence electrons. The van der Waals surface area contributed by atoms with Gasteiger partial charge in [0.1, 0.15) is 5.82 Å². The minimum atomic E-state index is 0.0130. The highest BCUT2D eigenvalue weighted by Crippen LogP contribution is 2.14. The largest absolute Gasteiger partial charge is 0.395 e. The van der Waals surface area contributed by atoms with Crippen LogP contribution in [0.2, 0.25) is 0 Å². The van der Waals surface area contributed by atoms with Crippen molar-refractivity contribution < 1.29 is 5.11 Å². The zero-order chi connectivity index (χ0) is 12.0. The van der Waals surface area contributed by atoms with Crippen molar-refractivity contribution in [2.24, 2.45) is 5.73 Å². The Morgan fingerprint density at radius 1 is 1.44 bits per heavy atom. The van der Waals surface area contributed by atoms with Crippen LogP contribution in [0.4, 0.5) is 5.82 Å². The van der Waals surface area contributed by atoms with Crippen LogP contribution < -0.4 is 10.6 Å². The first kappa shape index (κ1) is 12.9. The van der Waals surface area contributed by atoms with Crippen molar-refractivity contribution in [1.29, 1.82) is 0 Å². The van der Waals surface area contributed by atoms with E-state index in [0.717, 1.165) is 24.3 Å². The van der Waals surface area contributed by atoms with Crippen molar-refractivity contribution in [2.45, 2.75) is 26.3 Å². The Hall–Kier alpha value is -1.13. The number of anilines is 1. The van der Waals surface area contributed by atoms with E-state index in [0.29, 0.717) is 6.54 Å². The molecule has 0 aliphatic rings. The molecule has 0 aliphatic heterocycles. The van der Waals surface area contributed by atoms with Gasteiger partial charge in [-0.1, -0.05) is 13.0 Å². The Morgan fingerprint density at radius 3 is 2.62 bits per heavy atom. The zero-order valence-corrected chi connectivity index (χ0v) is 10.1. The topological polar surface area (TPSA) is 62.4 Å². The first-order chi connectivity index (χ1) is 7.69. The van der Waals surface area contributed by atoms with Gasteiger partial charge < -0.3 is 15.7 Å². The van der Waals surface area contributed by atoms with Gasteiger partial charge in [0.05, 0.1) is 6.61 Å². The van der Waals surface area contributed by atoms with Crippen LogP contribution in [0.3, 0.4) is 0 Å². The van der Waals surface area contributed by atoms with Gasteiger partial charge in [0.15, 0.2) is 0 Å². The normalized spacial score (nSPS) is 12.5. The summed E-state index contributed by atoms with van der Waals surface area (Å²) in [6.45, 7) is 5.73. The van der Waals surface area contributed by atoms with Gasteiger partial charge >= 0.3 is 0 Å². The number of nitrogens with zero attached hydrogens (tertiary/aromatic N) is 2. The highest BCUT2D eigenvalue weighted by Gasteiger charge is 2.07. The number of hydrogen-bond donors (Lipinski definition) is 2. The van der Waals surface area contributed by atoms with E-state index >= 15 is 0 Å². The Morgan fingerprint density at radius 2 is 2.19 bits per heavy atom. The summed E-state index contributed by atoms with van der Waals surface area (Å²) < 4.78 is 0. The van der Waals surface area contributed by atoms with E-state index in [-0.39, 0.29) is 12.6 Å². The molecule has 3 N–H and O–H groups in total. The monoisotopic (exact) mass is 223 g/mol. The molecule has 0 saturated heterocycles. The van der Waals surface area contributed by atoms with E-state index in [1.165, 1.54) is 0 Å². The maximum atomic E-state index is 8.98. The molecule has 0 aromatic carbocycles. The lowest BCUT2D eigenvalue weighted by molar-refractivity contribution is 0.301. The van der Waals surface area contributed by atoms with E-state index in [9.17, 15) is 0 Å². The fraction of sp³-hybridized carbons (Fsp3) is 0.583. The molecule has 0 unspecified atom stereocenters. The molecule has 0 bridgehead atoms. The van der Waals surface area contributed by atoms with Gasteiger partial charge in [0, 0.05) is 25.3 Å². The molecule has 1 atom stereocenters. The summed E-state index contributed by atoms with van der Waals surface area (Å²) >= 11 is 0. The number of aliphatic hydroxyl groups excluding tert-OH is 1. The van der Waals surface area contributed by atoms with Gasteiger partial charge in [-0.25, -0.2) is 4.98 Å². The average Bonchev–Trinajstić information content (AvgIpc) is 2.29. The molecule has 0 aliphatic carbocycles. The standard InChI is InChI=1S/C12H21N3O/c1-3-6-15(7-8-16)12-5-4-11(9-14-12)10(2)13/h4-5,9-10,16H,3,6-8,13H2,1-2H3/t10-/m0/s1. The van der Waals surface area contributed by atoms with E-state index in [2.05, 4.69) is 16.8 Å². The van der Waals surface area contributed by atoms with Gasteiger partial charge in [-0.15, -0.1) is 0 Å². The average molecular weight is 223 g/mol. The fourth-order valence-electron chi connectivity index (χ4n) is 1.59. The Kier molecular flexibility index (Phi) is 5.22. The SMILES string of the molecule is CCCN(CCO)c1ccc([C@H](C)N)cn1. The molecule has 1 aromatic rings. The van der Waals surface area contributed by atoms with Gasteiger partial charge in [-0.05, 0) is 25.0 Å². The van der Waals surface area contributed by atoms with Crippen LogP contribution in [0.15, 0.2) is 18.3 Å². The number of aromatic nitrogens is 1. The quantitative estimate of drug-likeness (QED) is 0.763. The van der Waals surface area contributed by atoms with Crippen LogP contribution in [0.25, 0.3) is 0 Å². The Bertz CT molecular complexity index is 292. The highest BCUT2D eigenvalue weighted by atomic mass is 16.3. The number of hydrogen-bond acceptors (Lipinski definition) is 4. The summed E-state index contributed by atoms with van der Waals surface area (Å²) in [4.78, 5) is 6.45. The van der Waals surface area contributed by atoms with Crippen LogP contribution in [-0.2, 0) is 0 Å². The van der Waals surface area contributed by atoms with Crippen molar-refractivity contribution in [3.8, 4) is 0 Å². The molecular formula is C12H21N3O. The second-order valence-electron chi connectivity index (χ2n) is 3.95. The summed E-state index contributed by atoms with van der Waals surface area (Å²) in [7, 11) is 0. The van der Waals surface area contributed by atoms with Gasteiger partial charge in [-0.3, -0.25) is 0 Å². The van der Waals surface area contributed by atoms with Crippen LogP contribution in [0.1, 0.15) is 31.9 Å². The maximum absolute atomic E-state index is 8.98. The lowest BCUT2D eigenvalue weighted by Gasteiger charge is -2.22. The summed E-state index contributed by atoms with van der Waals surface area (Å²) in [6.07, 6.45) is 2.84. The molecule has 4 heteroatoms. The maximum Gasteiger partial charge on any atom is 0.128 e. The predicted molar refractivity (Wildman–Crippen MR) is 66.4 cm³/mol. The van der Waals surface area contributed by atoms with Crippen molar-refractivity contribution >= 4 is 5.82 Å². The minimum absolute atomic E-state index is 0.0130. The highest BCUT2D eigenvalue weighted by molar-refractivity contribution is 5.39. The first-order valence-electron chi connectivity index (χ1n) is 5.76. The van der Waals surface area contributed by atoms with Gasteiger partial charge in [0.25, 0.3) is 0 Å². The van der Waals surface area contributed by atoms with Crippen molar-refractivity contribution in [3.05, 3.63) is 23.9 Å². The molecule has 0 fully saturated rings. The van der Waals surface area contributed by atoms with Crippen LogP contribution >= 0.6 is 0 Å². The zero-order valence-electron chi connectivity index (χ0n) is 10.1. The summed E-state index contributed by atoms with van der Waals surface area (Å²) in [5, 5.41) is 8.98. The molecule has 4 nitrogen and oxygen atoms in total. The molecule has 1 heterocycles. The van der Waals surface area contributed by atoms with E-state index in [4.69, 9.17) is 10.8 Å². The van der Waals surface area contributed by atoms with E-state index in [1.54, 1.807) is 6.20 Å². The molecule has 0 amide bonds. The third-order valence-corrected chi connectivity index (χ3v) is 2.48. The number of rotatable bonds is 6. The smallest absolute Gasteiger partial charge is 0.128 e. The third kappa shape index (κ3) is 3.47. The van der Waals surface area contributed by atoms with Crippen LogP contribution in [0, 0.1) is 0 Å². The molecular weight excluding hydrogens is 202 g/mol. The third-order valence-electron chi connectivity index (χ3n) is 2.48. The molecule has 0 spiro atoms. The van der Waals surface area contributed by atoms with E-state index < -0.39 is 0 Å². The first-order valence-corrected chi connectivity index (χ1v) is 5.76. The van der Waals surface area contributed by atoms with E-state index in [1.807, 2.05) is 19.1 Å². The summed E-state index contributed by atoms with van der Waals surface area (Å²) in [5.74, 6) is 0.903. The molecule has 1 aromatic heterocycles. The predicted octanol–water partition coefficient (Wildman–Crippen LogP) is 1.31. The van der Waals surface area contributed by atoms with Crippen molar-refractivity contribution in [3.63, 3.8) is 0 Å². The van der Waals surface area contributed by atoms with Crippen LogP contribution in [-0.4, -0.2) is 29.8 Å². The number of nitrogens with two attached hydrogens (primary N) is 1. The second kappa shape index (κ2) is 6.45. The van der Waals surface area contributed by atoms with Gasteiger partial charge in [0.2, 0.25) is 0 Å². The summed E-state index contributed by atoms with van der Waals surface area (Å²) in [6, 6.07) is 3.97. The van der Waals surface area contributed by atoms with Crippen molar-refractivity contribution in [2.75, 3.05) is 24.6 Å². The molecule has 16 heavy (non-hydrogen) atoms. The van der Waals surface area contributed by atoms with Crippen molar-refractivity contribution in [1.82, 2.24) is 4.98 Å². The fourth-order valence-corrected chi connectivity index (χ4v) is 1.59. The summed E-state index contributed by atoms with van der Waals surface area (Å²) in [5.41, 5.74) is 6.80. The number of pyridine rings is 1. The molecule has 0 radical (unpaired) electrons. The van der Waals surface area contributed by atoms with Crippen LogP contribution in [0.5, 0.6) is 0 Å². The number of aliphatic hydroxyl groups is 1. The molecule has 1 rings (SSSR count).